The molecule has 3 rings (SSSR count). The van der Waals surface area contributed by atoms with Crippen molar-refractivity contribution >= 4 is 16.9 Å². The first kappa shape index (κ1) is 21.6. The van der Waals surface area contributed by atoms with Crippen molar-refractivity contribution < 1.29 is 19.1 Å². The molecule has 1 heterocycles. The molecule has 5 nitrogen and oxygen atoms in total. The van der Waals surface area contributed by atoms with E-state index in [9.17, 15) is 9.90 Å². The Labute approximate surface area is 177 Å². The number of unbranched alkanes of at least 4 members (excludes halogenated alkanes) is 1. The molecule has 1 N–H and O–H groups in total. The van der Waals surface area contributed by atoms with E-state index in [0.717, 1.165) is 35.1 Å². The summed E-state index contributed by atoms with van der Waals surface area (Å²) >= 11 is 0. The number of carbonyl (C=O) groups is 1. The molecule has 0 aliphatic rings. The molecule has 0 radical (unpaired) electrons. The molecular weight excluding hydrogens is 378 g/mol. The van der Waals surface area contributed by atoms with Gasteiger partial charge in [-0.2, -0.15) is 0 Å². The quantitative estimate of drug-likeness (QED) is 0.494. The topological polar surface area (TPSA) is 72.0 Å². The Morgan fingerprint density at radius 3 is 2.50 bits per heavy atom. The van der Waals surface area contributed by atoms with Gasteiger partial charge in [0.25, 0.3) is 0 Å². The first-order valence-electron chi connectivity index (χ1n) is 10.4. The first-order valence-corrected chi connectivity index (χ1v) is 10.4. The summed E-state index contributed by atoms with van der Waals surface area (Å²) in [6.45, 7) is 8.55. The highest BCUT2D eigenvalue weighted by molar-refractivity contribution is 5.80. The average molecular weight is 408 g/mol. The van der Waals surface area contributed by atoms with Crippen LogP contribution in [0.15, 0.2) is 57.9 Å². The standard InChI is InChI=1S/C25H29NO4/c1-5-6-13-29-19-10-8-18(9-11-19)23-15-21(26-24(16(2)3)25(27)28)20-14-17(4)7-12-22(20)30-23/h7-12,14-16,24H,5-6,13H2,1-4H3,(H,27,28). The van der Waals surface area contributed by atoms with Crippen molar-refractivity contribution in [1.29, 1.82) is 0 Å². The summed E-state index contributed by atoms with van der Waals surface area (Å²) in [5.74, 6) is 0.404. The lowest BCUT2D eigenvalue weighted by atomic mass is 10.0. The number of hydrogen-bond acceptors (Lipinski definition) is 4. The van der Waals surface area contributed by atoms with Gasteiger partial charge in [-0.05, 0) is 55.7 Å². The summed E-state index contributed by atoms with van der Waals surface area (Å²) in [6.07, 6.45) is 2.11. The maximum Gasteiger partial charge on any atom is 0.328 e. The molecule has 1 atom stereocenters. The van der Waals surface area contributed by atoms with Gasteiger partial charge in [-0.3, -0.25) is 4.99 Å². The number of benzene rings is 2. The maximum absolute atomic E-state index is 11.7. The molecule has 1 unspecified atom stereocenters. The molecule has 0 aliphatic carbocycles. The molecule has 5 heteroatoms. The minimum Gasteiger partial charge on any atom is -0.494 e. The van der Waals surface area contributed by atoms with Gasteiger partial charge in [-0.25, -0.2) is 4.79 Å². The van der Waals surface area contributed by atoms with Gasteiger partial charge in [0.1, 0.15) is 23.1 Å². The highest BCUT2D eigenvalue weighted by atomic mass is 16.5. The zero-order valence-corrected chi connectivity index (χ0v) is 18.0. The Balaban J connectivity index is 2.08. The van der Waals surface area contributed by atoms with Crippen LogP contribution in [0.2, 0.25) is 0 Å². The fourth-order valence-electron chi connectivity index (χ4n) is 3.22. The third-order valence-electron chi connectivity index (χ3n) is 4.97. The third kappa shape index (κ3) is 5.09. The number of carboxylic acid groups (broad SMARTS) is 1. The maximum atomic E-state index is 11.7. The Kier molecular flexibility index (Phi) is 6.93. The van der Waals surface area contributed by atoms with Gasteiger partial charge in [0.15, 0.2) is 0 Å². The molecule has 30 heavy (non-hydrogen) atoms. The summed E-state index contributed by atoms with van der Waals surface area (Å²) in [5.41, 5.74) is 2.62. The molecular formula is C25H29NO4. The minimum atomic E-state index is -0.929. The highest BCUT2D eigenvalue weighted by Crippen LogP contribution is 2.25. The van der Waals surface area contributed by atoms with E-state index in [-0.39, 0.29) is 5.92 Å². The summed E-state index contributed by atoms with van der Waals surface area (Å²) in [5, 5.41) is 11.0. The van der Waals surface area contributed by atoms with Crippen LogP contribution in [0.4, 0.5) is 0 Å². The Morgan fingerprint density at radius 1 is 1.13 bits per heavy atom. The zero-order chi connectivity index (χ0) is 21.7. The summed E-state index contributed by atoms with van der Waals surface area (Å²) < 4.78 is 11.9. The molecule has 0 spiro atoms. The predicted octanol–water partition coefficient (Wildman–Crippen LogP) is 5.60. The van der Waals surface area contributed by atoms with Gasteiger partial charge in [-0.1, -0.05) is 38.8 Å². The second kappa shape index (κ2) is 9.61. The van der Waals surface area contributed by atoms with Crippen LogP contribution in [0.3, 0.4) is 0 Å². The molecule has 0 bridgehead atoms. The number of hydrogen-bond donors (Lipinski definition) is 1. The van der Waals surface area contributed by atoms with Crippen LogP contribution in [0.25, 0.3) is 22.3 Å². The van der Waals surface area contributed by atoms with E-state index in [2.05, 4.69) is 11.9 Å². The second-order valence-corrected chi connectivity index (χ2v) is 7.88. The number of aryl methyl sites for hydroxylation is 1. The number of fused-ring (bicyclic) bond motifs is 1. The molecule has 0 fully saturated rings. The van der Waals surface area contributed by atoms with E-state index in [1.54, 1.807) is 0 Å². The summed E-state index contributed by atoms with van der Waals surface area (Å²) in [6, 6.07) is 14.6. The monoisotopic (exact) mass is 407 g/mol. The molecule has 0 saturated heterocycles. The lowest BCUT2D eigenvalue weighted by molar-refractivity contribution is -0.139. The van der Waals surface area contributed by atoms with Gasteiger partial charge in [0, 0.05) is 17.0 Å². The molecule has 1 aromatic heterocycles. The number of carboxylic acids is 1. The van der Waals surface area contributed by atoms with Crippen molar-refractivity contribution in [2.24, 2.45) is 10.9 Å². The number of nitrogens with zero attached hydrogens (tertiary/aromatic N) is 1. The van der Waals surface area contributed by atoms with Crippen LogP contribution in [-0.4, -0.2) is 23.7 Å². The summed E-state index contributed by atoms with van der Waals surface area (Å²) in [7, 11) is 0. The van der Waals surface area contributed by atoms with Gasteiger partial charge in [0.2, 0.25) is 0 Å². The van der Waals surface area contributed by atoms with Gasteiger partial charge in [-0.15, -0.1) is 0 Å². The van der Waals surface area contributed by atoms with Crippen LogP contribution in [-0.2, 0) is 4.79 Å². The van der Waals surface area contributed by atoms with E-state index in [1.165, 1.54) is 0 Å². The Morgan fingerprint density at radius 2 is 1.87 bits per heavy atom. The lowest BCUT2D eigenvalue weighted by Gasteiger charge is -2.12. The van der Waals surface area contributed by atoms with Crippen LogP contribution in [0, 0.1) is 12.8 Å². The van der Waals surface area contributed by atoms with Crippen LogP contribution in [0.1, 0.15) is 39.2 Å². The normalized spacial score (nSPS) is 13.0. The van der Waals surface area contributed by atoms with Gasteiger partial charge >= 0.3 is 5.97 Å². The lowest BCUT2D eigenvalue weighted by Crippen LogP contribution is -2.27. The zero-order valence-electron chi connectivity index (χ0n) is 18.0. The fraction of sp³-hybridized carbons (Fsp3) is 0.360. The first-order chi connectivity index (χ1) is 14.4. The number of aliphatic carboxylic acids is 1. The SMILES string of the molecule is CCCCOc1ccc(-c2cc(=NC(C(=O)O)C(C)C)c3cc(C)ccc3o2)cc1. The van der Waals surface area contributed by atoms with Gasteiger partial charge in [0.05, 0.1) is 12.0 Å². The highest BCUT2D eigenvalue weighted by Gasteiger charge is 2.20. The number of ether oxygens (including phenoxy) is 1. The van der Waals surface area contributed by atoms with Crippen molar-refractivity contribution in [2.75, 3.05) is 6.61 Å². The average Bonchev–Trinajstić information content (AvgIpc) is 2.72. The largest absolute Gasteiger partial charge is 0.494 e. The molecule has 2 aromatic carbocycles. The van der Waals surface area contributed by atoms with E-state index >= 15 is 0 Å². The molecule has 3 aromatic rings. The molecule has 0 amide bonds. The van der Waals surface area contributed by atoms with Crippen LogP contribution < -0.4 is 10.1 Å². The van der Waals surface area contributed by atoms with Crippen molar-refractivity contribution in [3.63, 3.8) is 0 Å². The van der Waals surface area contributed by atoms with Crippen LogP contribution >= 0.6 is 0 Å². The van der Waals surface area contributed by atoms with Crippen molar-refractivity contribution in [2.45, 2.75) is 46.6 Å². The summed E-state index contributed by atoms with van der Waals surface area (Å²) in [4.78, 5) is 16.3. The second-order valence-electron chi connectivity index (χ2n) is 7.88. The van der Waals surface area contributed by atoms with Crippen LogP contribution in [0.5, 0.6) is 5.75 Å². The Hall–Kier alpha value is -3.08. The molecule has 158 valence electrons. The van der Waals surface area contributed by atoms with Gasteiger partial charge < -0.3 is 14.3 Å². The Bertz CT molecular complexity index is 1080. The minimum absolute atomic E-state index is 0.123. The predicted molar refractivity (Wildman–Crippen MR) is 119 cm³/mol. The fourth-order valence-corrected chi connectivity index (χ4v) is 3.22. The molecule has 0 saturated carbocycles. The number of rotatable bonds is 8. The molecule has 0 aliphatic heterocycles. The van der Waals surface area contributed by atoms with E-state index in [0.29, 0.717) is 23.3 Å². The van der Waals surface area contributed by atoms with E-state index < -0.39 is 12.0 Å². The third-order valence-corrected chi connectivity index (χ3v) is 4.97. The van der Waals surface area contributed by atoms with Crippen molar-refractivity contribution in [3.8, 4) is 17.1 Å². The van der Waals surface area contributed by atoms with Crippen molar-refractivity contribution in [1.82, 2.24) is 0 Å². The smallest absolute Gasteiger partial charge is 0.328 e. The van der Waals surface area contributed by atoms with E-state index in [1.807, 2.05) is 69.3 Å². The van der Waals surface area contributed by atoms with E-state index in [4.69, 9.17) is 9.15 Å². The van der Waals surface area contributed by atoms with Crippen molar-refractivity contribution in [3.05, 3.63) is 59.5 Å².